The van der Waals surface area contributed by atoms with Crippen LogP contribution in [0.25, 0.3) is 11.1 Å². The van der Waals surface area contributed by atoms with E-state index in [-0.39, 0.29) is 10.3 Å². The van der Waals surface area contributed by atoms with Crippen LogP contribution in [0.3, 0.4) is 0 Å². The van der Waals surface area contributed by atoms with E-state index in [2.05, 4.69) is 12.2 Å². The Bertz CT molecular complexity index is 1060. The molecular formula is C21H21NO4S. The van der Waals surface area contributed by atoms with Gasteiger partial charge in [-0.15, -0.1) is 0 Å². The van der Waals surface area contributed by atoms with E-state index in [0.717, 1.165) is 35.1 Å². The second kappa shape index (κ2) is 6.25. The summed E-state index contributed by atoms with van der Waals surface area (Å²) in [5.41, 5.74) is 4.35. The van der Waals surface area contributed by atoms with E-state index in [4.69, 9.17) is 14.6 Å². The van der Waals surface area contributed by atoms with E-state index in [0.29, 0.717) is 11.5 Å². The fraction of sp³-hybridized carbons (Fsp3) is 0.238. The lowest BCUT2D eigenvalue weighted by molar-refractivity contribution is 0.355. The maximum atomic E-state index is 11.5. The second-order valence-corrected chi connectivity index (χ2v) is 8.55. The number of methoxy groups -OCH3 is 2. The third kappa shape index (κ3) is 3.26. The average molecular weight is 383 g/mol. The summed E-state index contributed by atoms with van der Waals surface area (Å²) in [6, 6.07) is 12.6. The first-order chi connectivity index (χ1) is 12.8. The van der Waals surface area contributed by atoms with E-state index in [1.807, 2.05) is 30.3 Å². The second-order valence-electron chi connectivity index (χ2n) is 6.99. The quantitative estimate of drug-likeness (QED) is 0.855. The Morgan fingerprint density at radius 3 is 1.93 bits per heavy atom. The van der Waals surface area contributed by atoms with Crippen LogP contribution in [0.5, 0.6) is 11.5 Å². The van der Waals surface area contributed by atoms with Gasteiger partial charge in [0.1, 0.15) is 0 Å². The molecule has 0 unspecified atom stereocenters. The molecule has 2 N–H and O–H groups in total. The average Bonchev–Trinajstić information content (AvgIpc) is 3.31. The highest BCUT2D eigenvalue weighted by Crippen LogP contribution is 2.58. The zero-order chi connectivity index (χ0) is 19.2. The Morgan fingerprint density at radius 2 is 1.41 bits per heavy atom. The molecule has 2 aliphatic carbocycles. The summed E-state index contributed by atoms with van der Waals surface area (Å²) in [6.07, 6.45) is 6.84. The SMILES string of the molecule is COc1ccc(C2=CC3(C=C2c2ccc(S(N)(=O)=O)cc2)CC3)cc1OC. The fourth-order valence-electron chi connectivity index (χ4n) is 3.51. The predicted octanol–water partition coefficient (Wildman–Crippen LogP) is 3.61. The number of hydrogen-bond donors (Lipinski definition) is 1. The number of allylic oxidation sites excluding steroid dienone is 4. The lowest BCUT2D eigenvalue weighted by Crippen LogP contribution is -2.11. The van der Waals surface area contributed by atoms with Crippen molar-refractivity contribution >= 4 is 21.2 Å². The molecule has 4 rings (SSSR count). The summed E-state index contributed by atoms with van der Waals surface area (Å²) < 4.78 is 33.8. The van der Waals surface area contributed by atoms with Gasteiger partial charge in [0.25, 0.3) is 0 Å². The van der Waals surface area contributed by atoms with Crippen molar-refractivity contribution < 1.29 is 17.9 Å². The third-order valence-corrected chi connectivity index (χ3v) is 6.10. The van der Waals surface area contributed by atoms with E-state index in [1.54, 1.807) is 26.4 Å². The van der Waals surface area contributed by atoms with Gasteiger partial charge >= 0.3 is 0 Å². The highest BCUT2D eigenvalue weighted by Gasteiger charge is 2.43. The van der Waals surface area contributed by atoms with Crippen LogP contribution in [-0.4, -0.2) is 22.6 Å². The molecule has 27 heavy (non-hydrogen) atoms. The maximum absolute atomic E-state index is 11.5. The minimum atomic E-state index is -3.70. The van der Waals surface area contributed by atoms with Crippen molar-refractivity contribution in [1.29, 1.82) is 0 Å². The predicted molar refractivity (Wildman–Crippen MR) is 105 cm³/mol. The van der Waals surface area contributed by atoms with Crippen molar-refractivity contribution in [2.45, 2.75) is 17.7 Å². The molecule has 0 atom stereocenters. The molecule has 0 amide bonds. The molecule has 2 aromatic rings. The van der Waals surface area contributed by atoms with Gasteiger partial charge in [-0.1, -0.05) is 30.4 Å². The molecule has 2 aliphatic rings. The monoisotopic (exact) mass is 383 g/mol. The standard InChI is InChI=1S/C21H21NO4S/c1-25-19-8-5-15(11-20(19)26-2)18-13-21(9-10-21)12-17(18)14-3-6-16(7-4-14)27(22,23)24/h3-8,11-13H,9-10H2,1-2H3,(H2,22,23,24). The first-order valence-corrected chi connectivity index (χ1v) is 10.2. The van der Waals surface area contributed by atoms with Crippen LogP contribution >= 0.6 is 0 Å². The Balaban J connectivity index is 1.76. The van der Waals surface area contributed by atoms with Crippen LogP contribution in [0.4, 0.5) is 0 Å². The third-order valence-electron chi connectivity index (χ3n) is 5.17. The summed E-state index contributed by atoms with van der Waals surface area (Å²) in [6.45, 7) is 0. The smallest absolute Gasteiger partial charge is 0.238 e. The molecular weight excluding hydrogens is 362 g/mol. The van der Waals surface area contributed by atoms with Crippen molar-refractivity contribution in [3.63, 3.8) is 0 Å². The molecule has 0 aromatic heterocycles. The molecule has 140 valence electrons. The van der Waals surface area contributed by atoms with Crippen molar-refractivity contribution in [2.24, 2.45) is 10.6 Å². The normalized spacial score (nSPS) is 17.4. The zero-order valence-corrected chi connectivity index (χ0v) is 16.0. The zero-order valence-electron chi connectivity index (χ0n) is 15.2. The summed E-state index contributed by atoms with van der Waals surface area (Å²) >= 11 is 0. The largest absolute Gasteiger partial charge is 0.493 e. The van der Waals surface area contributed by atoms with Crippen molar-refractivity contribution in [1.82, 2.24) is 0 Å². The van der Waals surface area contributed by atoms with Crippen LogP contribution in [0.2, 0.25) is 0 Å². The Hall–Kier alpha value is -2.57. The molecule has 0 heterocycles. The van der Waals surface area contributed by atoms with Gasteiger partial charge in [0.15, 0.2) is 11.5 Å². The van der Waals surface area contributed by atoms with Gasteiger partial charge in [-0.05, 0) is 59.4 Å². The summed E-state index contributed by atoms with van der Waals surface area (Å²) in [5, 5.41) is 5.21. The van der Waals surface area contributed by atoms with E-state index in [9.17, 15) is 8.42 Å². The molecule has 0 radical (unpaired) electrons. The van der Waals surface area contributed by atoms with Gasteiger partial charge in [-0.3, -0.25) is 0 Å². The lowest BCUT2D eigenvalue weighted by atomic mass is 9.95. The summed E-state index contributed by atoms with van der Waals surface area (Å²) in [7, 11) is -0.465. The van der Waals surface area contributed by atoms with Gasteiger partial charge in [0.2, 0.25) is 10.0 Å². The molecule has 0 saturated heterocycles. The number of benzene rings is 2. The molecule has 0 aliphatic heterocycles. The first-order valence-electron chi connectivity index (χ1n) is 8.67. The van der Waals surface area contributed by atoms with Crippen LogP contribution < -0.4 is 14.6 Å². The summed E-state index contributed by atoms with van der Waals surface area (Å²) in [5.74, 6) is 1.36. The van der Waals surface area contributed by atoms with E-state index < -0.39 is 10.0 Å². The first kappa shape index (κ1) is 17.8. The number of sulfonamides is 1. The van der Waals surface area contributed by atoms with E-state index >= 15 is 0 Å². The van der Waals surface area contributed by atoms with Crippen LogP contribution in [0.1, 0.15) is 24.0 Å². The molecule has 6 heteroatoms. The number of ether oxygens (including phenoxy) is 2. The van der Waals surface area contributed by atoms with Crippen molar-refractivity contribution in [3.8, 4) is 11.5 Å². The molecule has 1 spiro atoms. The molecule has 5 nitrogen and oxygen atoms in total. The van der Waals surface area contributed by atoms with Crippen LogP contribution in [0.15, 0.2) is 59.5 Å². The van der Waals surface area contributed by atoms with Gasteiger partial charge in [0, 0.05) is 5.41 Å². The molecule has 2 aromatic carbocycles. The molecule has 1 fully saturated rings. The summed E-state index contributed by atoms with van der Waals surface area (Å²) in [4.78, 5) is 0.114. The highest BCUT2D eigenvalue weighted by molar-refractivity contribution is 7.89. The highest BCUT2D eigenvalue weighted by atomic mass is 32.2. The minimum Gasteiger partial charge on any atom is -0.493 e. The Kier molecular flexibility index (Phi) is 4.13. The minimum absolute atomic E-state index is 0.114. The molecule has 0 bridgehead atoms. The Labute approximate surface area is 159 Å². The van der Waals surface area contributed by atoms with E-state index in [1.165, 1.54) is 0 Å². The topological polar surface area (TPSA) is 78.6 Å². The number of nitrogens with two attached hydrogens (primary N) is 1. The maximum Gasteiger partial charge on any atom is 0.238 e. The number of rotatable bonds is 5. The van der Waals surface area contributed by atoms with Gasteiger partial charge in [0.05, 0.1) is 19.1 Å². The fourth-order valence-corrected chi connectivity index (χ4v) is 4.03. The van der Waals surface area contributed by atoms with Crippen molar-refractivity contribution in [3.05, 3.63) is 65.7 Å². The number of primary sulfonamides is 1. The lowest BCUT2D eigenvalue weighted by Gasteiger charge is -2.13. The van der Waals surface area contributed by atoms with Gasteiger partial charge in [-0.25, -0.2) is 13.6 Å². The van der Waals surface area contributed by atoms with Crippen molar-refractivity contribution in [2.75, 3.05) is 14.2 Å². The van der Waals surface area contributed by atoms with Gasteiger partial charge < -0.3 is 9.47 Å². The number of hydrogen-bond acceptors (Lipinski definition) is 4. The van der Waals surface area contributed by atoms with Crippen LogP contribution in [-0.2, 0) is 10.0 Å². The Morgan fingerprint density at radius 1 is 0.852 bits per heavy atom. The van der Waals surface area contributed by atoms with Gasteiger partial charge in [-0.2, -0.15) is 0 Å². The van der Waals surface area contributed by atoms with Crippen LogP contribution in [0, 0.1) is 5.41 Å². The molecule has 1 saturated carbocycles.